The quantitative estimate of drug-likeness (QED) is 0.311. The van der Waals surface area contributed by atoms with Gasteiger partial charge in [-0.05, 0) is 74.3 Å². The predicted octanol–water partition coefficient (Wildman–Crippen LogP) is 6.66. The fraction of sp³-hybridized carbons (Fsp3) is 0.207. The molecule has 3 aromatic carbocycles. The maximum atomic E-state index is 13.8. The summed E-state index contributed by atoms with van der Waals surface area (Å²) in [4.78, 5) is 6.73. The van der Waals surface area contributed by atoms with Crippen LogP contribution < -0.4 is 5.32 Å². The van der Waals surface area contributed by atoms with Crippen molar-refractivity contribution < 1.29 is 8.91 Å². The highest BCUT2D eigenvalue weighted by Gasteiger charge is 2.34. The molecule has 0 saturated carbocycles. The van der Waals surface area contributed by atoms with Crippen LogP contribution in [0.3, 0.4) is 0 Å². The van der Waals surface area contributed by atoms with Crippen LogP contribution in [-0.2, 0) is 6.54 Å². The van der Waals surface area contributed by atoms with Crippen LogP contribution >= 0.6 is 12.2 Å². The van der Waals surface area contributed by atoms with E-state index in [0.717, 1.165) is 22.4 Å². The molecule has 182 valence electrons. The molecule has 0 saturated heterocycles. The molecule has 1 aromatic heterocycles. The van der Waals surface area contributed by atoms with E-state index in [0.29, 0.717) is 28.9 Å². The normalized spacial score (nSPS) is 15.9. The molecule has 1 unspecified atom stereocenters. The Morgan fingerprint density at radius 1 is 0.972 bits per heavy atom. The van der Waals surface area contributed by atoms with Crippen molar-refractivity contribution in [3.63, 3.8) is 0 Å². The van der Waals surface area contributed by atoms with Crippen LogP contribution in [0, 0.1) is 26.6 Å². The van der Waals surface area contributed by atoms with E-state index in [1.54, 1.807) is 12.1 Å². The van der Waals surface area contributed by atoms with Gasteiger partial charge in [0.2, 0.25) is 5.82 Å². The first-order valence-electron chi connectivity index (χ1n) is 11.8. The number of aryl methyl sites for hydroxylation is 3. The van der Waals surface area contributed by atoms with Gasteiger partial charge < -0.3 is 14.7 Å². The number of hydrogen-bond donors (Lipinski definition) is 1. The second kappa shape index (κ2) is 9.66. The Kier molecular flexibility index (Phi) is 6.41. The summed E-state index contributed by atoms with van der Waals surface area (Å²) >= 11 is 5.84. The van der Waals surface area contributed by atoms with Gasteiger partial charge in [0.05, 0.1) is 11.6 Å². The fourth-order valence-corrected chi connectivity index (χ4v) is 4.72. The van der Waals surface area contributed by atoms with Crippen LogP contribution in [0.25, 0.3) is 17.0 Å². The average Bonchev–Trinajstić information content (AvgIpc) is 3.34. The molecular weight excluding hydrogens is 471 g/mol. The summed E-state index contributed by atoms with van der Waals surface area (Å²) in [5, 5.41) is 8.31. The molecule has 0 aliphatic carbocycles. The first-order chi connectivity index (χ1) is 17.3. The van der Waals surface area contributed by atoms with Gasteiger partial charge >= 0.3 is 0 Å². The Labute approximate surface area is 215 Å². The van der Waals surface area contributed by atoms with Gasteiger partial charge in [-0.25, -0.2) is 4.39 Å². The zero-order valence-corrected chi connectivity index (χ0v) is 21.5. The standard InChI is InChI=1S/C29H27FN4OS/c1-17-8-11-21(12-9-17)16-34-20(4)25(26(31-29(34)36)22-13-10-18(2)19(3)14-22)28-32-27(33-35-28)23-6-5-7-24(30)15-23/h5-15,26H,16H2,1-4H3,(H,31,36). The molecule has 4 aromatic rings. The number of halogens is 1. The zero-order chi connectivity index (χ0) is 25.4. The Bertz CT molecular complexity index is 1470. The zero-order valence-electron chi connectivity index (χ0n) is 20.7. The van der Waals surface area contributed by atoms with E-state index in [9.17, 15) is 4.39 Å². The average molecular weight is 499 g/mol. The lowest BCUT2D eigenvalue weighted by Gasteiger charge is -2.37. The monoisotopic (exact) mass is 498 g/mol. The lowest BCUT2D eigenvalue weighted by molar-refractivity contribution is 0.396. The van der Waals surface area contributed by atoms with Crippen LogP contribution in [0.15, 0.2) is 77.0 Å². The Morgan fingerprint density at radius 2 is 1.75 bits per heavy atom. The van der Waals surface area contributed by atoms with Crippen LogP contribution in [0.5, 0.6) is 0 Å². The topological polar surface area (TPSA) is 54.2 Å². The Hall–Kier alpha value is -3.84. The number of nitrogens with zero attached hydrogens (tertiary/aromatic N) is 3. The summed E-state index contributed by atoms with van der Waals surface area (Å²) in [7, 11) is 0. The number of thiocarbonyl (C=S) groups is 1. The van der Waals surface area contributed by atoms with Crippen molar-refractivity contribution in [2.75, 3.05) is 0 Å². The third-order valence-corrected chi connectivity index (χ3v) is 7.00. The summed E-state index contributed by atoms with van der Waals surface area (Å²) in [5.74, 6) is 0.358. The van der Waals surface area contributed by atoms with Crippen molar-refractivity contribution in [3.8, 4) is 11.4 Å². The van der Waals surface area contributed by atoms with E-state index in [1.807, 2.05) is 6.92 Å². The molecule has 36 heavy (non-hydrogen) atoms. The van der Waals surface area contributed by atoms with Crippen LogP contribution in [-0.4, -0.2) is 20.2 Å². The summed E-state index contributed by atoms with van der Waals surface area (Å²) < 4.78 is 19.6. The summed E-state index contributed by atoms with van der Waals surface area (Å²) in [6.45, 7) is 8.88. The first-order valence-corrected chi connectivity index (χ1v) is 12.2. The van der Waals surface area contributed by atoms with Gasteiger partial charge in [0.15, 0.2) is 5.11 Å². The lowest BCUT2D eigenvalue weighted by atomic mass is 9.92. The Morgan fingerprint density at radius 3 is 2.47 bits per heavy atom. The van der Waals surface area contributed by atoms with E-state index >= 15 is 0 Å². The molecule has 0 radical (unpaired) electrons. The molecular formula is C29H27FN4OS. The van der Waals surface area contributed by atoms with E-state index in [2.05, 4.69) is 83.6 Å². The van der Waals surface area contributed by atoms with E-state index in [1.165, 1.54) is 28.8 Å². The molecule has 5 nitrogen and oxygen atoms in total. The molecule has 1 atom stereocenters. The third kappa shape index (κ3) is 4.66. The van der Waals surface area contributed by atoms with Crippen molar-refractivity contribution in [1.29, 1.82) is 0 Å². The summed E-state index contributed by atoms with van der Waals surface area (Å²) in [5.41, 5.74) is 8.12. The van der Waals surface area contributed by atoms with Gasteiger partial charge in [-0.1, -0.05) is 65.3 Å². The first kappa shape index (κ1) is 23.9. The number of nitrogens with one attached hydrogen (secondary N) is 1. The molecule has 0 amide bonds. The van der Waals surface area contributed by atoms with Crippen molar-refractivity contribution in [2.45, 2.75) is 40.3 Å². The third-order valence-electron chi connectivity index (χ3n) is 6.66. The SMILES string of the molecule is CC1=C(c2nc(-c3cccc(F)c3)no2)C(c2ccc(C)c(C)c2)NC(=S)N1Cc1ccc(C)cc1. The van der Waals surface area contributed by atoms with Gasteiger partial charge in [0.25, 0.3) is 5.89 Å². The van der Waals surface area contributed by atoms with Crippen LogP contribution in [0.1, 0.15) is 46.7 Å². The number of allylic oxidation sites excluding steroid dienone is 1. The van der Waals surface area contributed by atoms with Crippen LogP contribution in [0.4, 0.5) is 4.39 Å². The number of aromatic nitrogens is 2. The second-order valence-electron chi connectivity index (χ2n) is 9.23. The lowest BCUT2D eigenvalue weighted by Crippen LogP contribution is -2.45. The van der Waals surface area contributed by atoms with Crippen molar-refractivity contribution in [1.82, 2.24) is 20.4 Å². The predicted molar refractivity (Wildman–Crippen MR) is 143 cm³/mol. The van der Waals surface area contributed by atoms with Gasteiger partial charge in [-0.15, -0.1) is 0 Å². The smallest absolute Gasteiger partial charge is 0.258 e. The maximum absolute atomic E-state index is 13.8. The molecule has 0 bridgehead atoms. The van der Waals surface area contributed by atoms with Crippen molar-refractivity contribution in [2.24, 2.45) is 0 Å². The summed E-state index contributed by atoms with van der Waals surface area (Å²) in [6.07, 6.45) is 0. The Balaban J connectivity index is 1.61. The van der Waals surface area contributed by atoms with Gasteiger partial charge in [-0.3, -0.25) is 0 Å². The molecule has 5 rings (SSSR count). The van der Waals surface area contributed by atoms with Crippen LogP contribution in [0.2, 0.25) is 0 Å². The van der Waals surface area contributed by atoms with Gasteiger partial charge in [0, 0.05) is 17.8 Å². The van der Waals surface area contributed by atoms with Gasteiger partial charge in [-0.2, -0.15) is 4.98 Å². The summed E-state index contributed by atoms with van der Waals surface area (Å²) in [6, 6.07) is 20.7. The molecule has 1 N–H and O–H groups in total. The minimum Gasteiger partial charge on any atom is -0.351 e. The van der Waals surface area contributed by atoms with E-state index < -0.39 is 0 Å². The van der Waals surface area contributed by atoms with Crippen molar-refractivity contribution in [3.05, 3.63) is 112 Å². The molecule has 1 aliphatic rings. The molecule has 0 fully saturated rings. The van der Waals surface area contributed by atoms with E-state index in [-0.39, 0.29) is 11.9 Å². The highest BCUT2D eigenvalue weighted by Crippen LogP contribution is 2.38. The number of hydrogen-bond acceptors (Lipinski definition) is 4. The second-order valence-corrected chi connectivity index (χ2v) is 9.62. The molecule has 1 aliphatic heterocycles. The fourth-order valence-electron chi connectivity index (χ4n) is 4.40. The maximum Gasteiger partial charge on any atom is 0.258 e. The van der Waals surface area contributed by atoms with Crippen molar-refractivity contribution >= 4 is 22.9 Å². The number of benzene rings is 3. The minimum atomic E-state index is -0.351. The largest absolute Gasteiger partial charge is 0.351 e. The molecule has 0 spiro atoms. The number of rotatable bonds is 5. The highest BCUT2D eigenvalue weighted by molar-refractivity contribution is 7.80. The highest BCUT2D eigenvalue weighted by atomic mass is 32.1. The molecule has 7 heteroatoms. The van der Waals surface area contributed by atoms with E-state index in [4.69, 9.17) is 16.7 Å². The van der Waals surface area contributed by atoms with Gasteiger partial charge in [0.1, 0.15) is 5.82 Å². The molecule has 2 heterocycles. The minimum absolute atomic E-state index is 0.271.